The predicted molar refractivity (Wildman–Crippen MR) is 140 cm³/mol. The Morgan fingerprint density at radius 2 is 0.632 bits per heavy atom. The molecule has 0 heterocycles. The second-order valence-corrected chi connectivity index (χ2v) is 9.25. The Hall–Kier alpha value is -4.32. The zero-order valence-corrected chi connectivity index (χ0v) is 19.7. The summed E-state index contributed by atoms with van der Waals surface area (Å²) in [6.45, 7) is 0. The number of rotatable bonds is 2. The third-order valence-electron chi connectivity index (χ3n) is 6.92. The van der Waals surface area contributed by atoms with Gasteiger partial charge in [0.25, 0.3) is 0 Å². The van der Waals surface area contributed by atoms with E-state index in [0.29, 0.717) is 11.1 Å². The summed E-state index contributed by atoms with van der Waals surface area (Å²) in [6.07, 6.45) is -8.75. The van der Waals surface area contributed by atoms with Gasteiger partial charge in [-0.2, -0.15) is 26.3 Å². The standard InChI is InChI=1S/C32H18F6/c33-31(34,35)25-9-1-19(2-10-25)21-5-13-27-23(17-21)7-15-30-28-14-6-22(18-24(28)8-16-29(27)30)20-3-11-26(12-4-20)32(36,37)38/h1-18H. The lowest BCUT2D eigenvalue weighted by atomic mass is 9.93. The molecule has 6 rings (SSSR count). The lowest BCUT2D eigenvalue weighted by Gasteiger charge is -2.12. The zero-order valence-electron chi connectivity index (χ0n) is 19.7. The van der Waals surface area contributed by atoms with E-state index in [9.17, 15) is 26.3 Å². The van der Waals surface area contributed by atoms with Crippen LogP contribution in [0.3, 0.4) is 0 Å². The second kappa shape index (κ2) is 8.62. The van der Waals surface area contributed by atoms with Crippen LogP contribution in [-0.2, 0) is 12.4 Å². The maximum absolute atomic E-state index is 12.9. The predicted octanol–water partition coefficient (Wildman–Crippen LogP) is 10.5. The number of hydrogen-bond acceptors (Lipinski definition) is 0. The molecule has 0 saturated heterocycles. The fourth-order valence-corrected chi connectivity index (χ4v) is 4.95. The van der Waals surface area contributed by atoms with Crippen molar-refractivity contribution in [2.75, 3.05) is 0 Å². The summed E-state index contributed by atoms with van der Waals surface area (Å²) in [5.41, 5.74) is 1.70. The molecule has 0 aliphatic rings. The Morgan fingerprint density at radius 3 is 0.974 bits per heavy atom. The van der Waals surface area contributed by atoms with E-state index in [1.165, 1.54) is 24.3 Å². The minimum atomic E-state index is -4.37. The number of alkyl halides is 6. The van der Waals surface area contributed by atoms with Gasteiger partial charge in [0, 0.05) is 0 Å². The van der Waals surface area contributed by atoms with Crippen LogP contribution in [0.4, 0.5) is 26.3 Å². The van der Waals surface area contributed by atoms with Crippen LogP contribution in [0.2, 0.25) is 0 Å². The molecule has 0 nitrogen and oxygen atoms in total. The van der Waals surface area contributed by atoms with Gasteiger partial charge in [0.1, 0.15) is 0 Å². The van der Waals surface area contributed by atoms with Crippen LogP contribution in [0.1, 0.15) is 11.1 Å². The highest BCUT2D eigenvalue weighted by Crippen LogP contribution is 2.37. The fraction of sp³-hybridized carbons (Fsp3) is 0.0625. The van der Waals surface area contributed by atoms with Crippen LogP contribution in [0.5, 0.6) is 0 Å². The molecule has 0 radical (unpaired) electrons. The third-order valence-corrected chi connectivity index (χ3v) is 6.92. The summed E-state index contributed by atoms with van der Waals surface area (Å²) in [5, 5.41) is 6.05. The molecule has 0 saturated carbocycles. The van der Waals surface area contributed by atoms with Crippen LogP contribution in [0.25, 0.3) is 54.6 Å². The van der Waals surface area contributed by atoms with Gasteiger partial charge in [0.05, 0.1) is 11.1 Å². The van der Waals surface area contributed by atoms with Gasteiger partial charge in [-0.15, -0.1) is 0 Å². The number of fused-ring (bicyclic) bond motifs is 5. The normalized spacial score (nSPS) is 12.5. The molecule has 0 fully saturated rings. The molecule has 0 spiro atoms. The van der Waals surface area contributed by atoms with Crippen LogP contribution in [-0.4, -0.2) is 0 Å². The molecule has 0 N–H and O–H groups in total. The minimum absolute atomic E-state index is 0.679. The highest BCUT2D eigenvalue weighted by atomic mass is 19.4. The average molecular weight is 516 g/mol. The monoisotopic (exact) mass is 516 g/mol. The number of halogens is 6. The van der Waals surface area contributed by atoms with Crippen LogP contribution in [0.15, 0.2) is 109 Å². The first kappa shape index (κ1) is 24.0. The zero-order chi connectivity index (χ0) is 26.7. The first-order chi connectivity index (χ1) is 18.1. The van der Waals surface area contributed by atoms with Gasteiger partial charge in [-0.05, 0) is 91.0 Å². The van der Waals surface area contributed by atoms with Gasteiger partial charge < -0.3 is 0 Å². The van der Waals surface area contributed by atoms with E-state index in [-0.39, 0.29) is 0 Å². The molecular weight excluding hydrogens is 498 g/mol. The highest BCUT2D eigenvalue weighted by molar-refractivity contribution is 6.18. The molecule has 6 aromatic carbocycles. The summed E-state index contributed by atoms with van der Waals surface area (Å²) in [5.74, 6) is 0. The first-order valence-electron chi connectivity index (χ1n) is 11.8. The minimum Gasteiger partial charge on any atom is -0.166 e. The van der Waals surface area contributed by atoms with E-state index in [1.54, 1.807) is 0 Å². The molecule has 0 aliphatic heterocycles. The van der Waals surface area contributed by atoms with E-state index < -0.39 is 23.5 Å². The summed E-state index contributed by atoms with van der Waals surface area (Å²) >= 11 is 0. The van der Waals surface area contributed by atoms with Gasteiger partial charge in [0.15, 0.2) is 0 Å². The van der Waals surface area contributed by atoms with Crippen molar-refractivity contribution < 1.29 is 26.3 Å². The van der Waals surface area contributed by atoms with Crippen molar-refractivity contribution >= 4 is 32.3 Å². The summed E-state index contributed by atoms with van der Waals surface area (Å²) in [4.78, 5) is 0. The molecule has 0 unspecified atom stereocenters. The first-order valence-corrected chi connectivity index (χ1v) is 11.8. The Labute approximate surface area is 213 Å². The quantitative estimate of drug-likeness (QED) is 0.159. The third kappa shape index (κ3) is 4.26. The van der Waals surface area contributed by atoms with E-state index in [2.05, 4.69) is 0 Å². The van der Waals surface area contributed by atoms with Crippen LogP contribution >= 0.6 is 0 Å². The molecule has 0 aliphatic carbocycles. The molecule has 0 aromatic heterocycles. The lowest BCUT2D eigenvalue weighted by molar-refractivity contribution is -0.138. The van der Waals surface area contributed by atoms with Crippen molar-refractivity contribution in [3.05, 3.63) is 120 Å². The van der Waals surface area contributed by atoms with Crippen molar-refractivity contribution in [2.45, 2.75) is 12.4 Å². The van der Waals surface area contributed by atoms with Gasteiger partial charge in [-0.1, -0.05) is 72.8 Å². The second-order valence-electron chi connectivity index (χ2n) is 9.25. The van der Waals surface area contributed by atoms with E-state index in [4.69, 9.17) is 0 Å². The van der Waals surface area contributed by atoms with Gasteiger partial charge in [0.2, 0.25) is 0 Å². The molecular formula is C32H18F6. The maximum atomic E-state index is 12.9. The molecule has 0 atom stereocenters. The Morgan fingerprint density at radius 1 is 0.316 bits per heavy atom. The number of hydrogen-bond donors (Lipinski definition) is 0. The summed E-state index contributed by atoms with van der Waals surface area (Å²) in [6, 6.07) is 30.0. The van der Waals surface area contributed by atoms with E-state index >= 15 is 0 Å². The average Bonchev–Trinajstić information content (AvgIpc) is 2.91. The van der Waals surface area contributed by atoms with E-state index in [0.717, 1.165) is 67.7 Å². The summed E-state index contributed by atoms with van der Waals surface area (Å²) < 4.78 is 77.5. The van der Waals surface area contributed by atoms with E-state index in [1.807, 2.05) is 60.7 Å². The van der Waals surface area contributed by atoms with Crippen molar-refractivity contribution in [2.24, 2.45) is 0 Å². The van der Waals surface area contributed by atoms with Crippen molar-refractivity contribution in [3.8, 4) is 22.3 Å². The Balaban J connectivity index is 1.38. The Bertz CT molecular complexity index is 1670. The van der Waals surface area contributed by atoms with Gasteiger partial charge >= 0.3 is 12.4 Å². The molecule has 6 aromatic rings. The lowest BCUT2D eigenvalue weighted by Crippen LogP contribution is -2.03. The number of benzene rings is 6. The molecule has 38 heavy (non-hydrogen) atoms. The summed E-state index contributed by atoms with van der Waals surface area (Å²) in [7, 11) is 0. The highest BCUT2D eigenvalue weighted by Gasteiger charge is 2.30. The van der Waals surface area contributed by atoms with Crippen molar-refractivity contribution in [3.63, 3.8) is 0 Å². The van der Waals surface area contributed by atoms with Crippen molar-refractivity contribution in [1.29, 1.82) is 0 Å². The SMILES string of the molecule is FC(F)(F)c1ccc(-c2ccc3c(ccc4c5ccc(-c6ccc(C(F)(F)F)cc6)cc5ccc34)c2)cc1. The Kier molecular flexibility index (Phi) is 5.45. The van der Waals surface area contributed by atoms with Crippen LogP contribution in [0, 0.1) is 0 Å². The van der Waals surface area contributed by atoms with Gasteiger partial charge in [-0.25, -0.2) is 0 Å². The molecule has 6 heteroatoms. The maximum Gasteiger partial charge on any atom is 0.416 e. The van der Waals surface area contributed by atoms with Gasteiger partial charge in [-0.3, -0.25) is 0 Å². The largest absolute Gasteiger partial charge is 0.416 e. The smallest absolute Gasteiger partial charge is 0.166 e. The topological polar surface area (TPSA) is 0 Å². The fourth-order valence-electron chi connectivity index (χ4n) is 4.95. The van der Waals surface area contributed by atoms with Crippen LogP contribution < -0.4 is 0 Å². The molecule has 0 amide bonds. The molecule has 0 bridgehead atoms. The molecule has 188 valence electrons. The van der Waals surface area contributed by atoms with Crippen molar-refractivity contribution in [1.82, 2.24) is 0 Å².